The van der Waals surface area contributed by atoms with E-state index in [9.17, 15) is 0 Å². The maximum atomic E-state index is 8.76. The van der Waals surface area contributed by atoms with Gasteiger partial charge in [0.2, 0.25) is 0 Å². The molecule has 0 aromatic heterocycles. The Labute approximate surface area is 177 Å². The molecule has 0 aliphatic rings. The van der Waals surface area contributed by atoms with Gasteiger partial charge in [0.15, 0.2) is 0 Å². The van der Waals surface area contributed by atoms with Crippen LogP contribution in [0, 0.1) is 0 Å². The van der Waals surface area contributed by atoms with Gasteiger partial charge in [-0.25, -0.2) is 0 Å². The first-order valence-corrected chi connectivity index (χ1v) is 10.9. The third-order valence-electron chi connectivity index (χ3n) is 4.74. The van der Waals surface area contributed by atoms with Crippen molar-refractivity contribution in [3.05, 3.63) is 42.0 Å². The van der Waals surface area contributed by atoms with Crippen LogP contribution in [0.2, 0.25) is 0 Å². The van der Waals surface area contributed by atoms with Crippen LogP contribution in [-0.2, 0) is 20.8 Å². The second kappa shape index (κ2) is 18.6. The Morgan fingerprint density at radius 2 is 1.55 bits per heavy atom. The van der Waals surface area contributed by atoms with Crippen LogP contribution in [0.3, 0.4) is 0 Å². The fourth-order valence-corrected chi connectivity index (χ4v) is 3.01. The molecule has 0 aliphatic heterocycles. The lowest BCUT2D eigenvalue weighted by atomic mass is 10.1. The molecule has 1 atom stereocenters. The molecule has 0 unspecified atom stereocenters. The second-order valence-electron chi connectivity index (χ2n) is 7.24. The number of hydrogen-bond acceptors (Lipinski definition) is 5. The van der Waals surface area contributed by atoms with E-state index < -0.39 is 0 Å². The number of allylic oxidation sites excluding steroid dienone is 1. The number of methoxy groups -OCH3 is 2. The van der Waals surface area contributed by atoms with Gasteiger partial charge in [0.05, 0.1) is 20.3 Å². The van der Waals surface area contributed by atoms with E-state index in [4.69, 9.17) is 24.1 Å². The molecule has 29 heavy (non-hydrogen) atoms. The van der Waals surface area contributed by atoms with E-state index in [0.29, 0.717) is 19.8 Å². The van der Waals surface area contributed by atoms with Gasteiger partial charge in [-0.3, -0.25) is 0 Å². The molecule has 1 aromatic carbocycles. The van der Waals surface area contributed by atoms with Crippen LogP contribution in [0.1, 0.15) is 63.4 Å². The predicted molar refractivity (Wildman–Crippen MR) is 117 cm³/mol. The van der Waals surface area contributed by atoms with Crippen molar-refractivity contribution in [1.29, 1.82) is 0 Å². The van der Waals surface area contributed by atoms with Gasteiger partial charge in [0.1, 0.15) is 18.6 Å². The zero-order valence-electron chi connectivity index (χ0n) is 18.3. The maximum absolute atomic E-state index is 8.76. The van der Waals surface area contributed by atoms with E-state index >= 15 is 0 Å². The van der Waals surface area contributed by atoms with Crippen LogP contribution in [0.5, 0.6) is 5.75 Å². The van der Waals surface area contributed by atoms with Crippen molar-refractivity contribution in [1.82, 2.24) is 0 Å². The van der Waals surface area contributed by atoms with Crippen LogP contribution in [0.4, 0.5) is 0 Å². The summed E-state index contributed by atoms with van der Waals surface area (Å²) >= 11 is 0. The molecule has 5 heteroatoms. The standard InChI is InChI=1S/C24H40O5/c1-26-21-29-24(20-28-19-22-14-16-23(27-2)17-15-22)13-11-9-7-5-3-4-6-8-10-12-18-25/h11,13-17,24-25H,3-10,12,18-21H2,1-2H3/b13-11+/t24-/m0/s1. The van der Waals surface area contributed by atoms with Crippen LogP contribution in [-0.4, -0.2) is 45.4 Å². The number of aliphatic hydroxyl groups excluding tert-OH is 1. The van der Waals surface area contributed by atoms with Crippen molar-refractivity contribution in [2.75, 3.05) is 34.2 Å². The number of ether oxygens (including phenoxy) is 4. The van der Waals surface area contributed by atoms with Crippen molar-refractivity contribution < 1.29 is 24.1 Å². The summed E-state index contributed by atoms with van der Waals surface area (Å²) in [5.41, 5.74) is 1.11. The van der Waals surface area contributed by atoms with Crippen molar-refractivity contribution in [2.24, 2.45) is 0 Å². The summed E-state index contributed by atoms with van der Waals surface area (Å²) in [6.07, 6.45) is 14.9. The van der Waals surface area contributed by atoms with E-state index in [1.165, 1.54) is 38.5 Å². The molecule has 1 N–H and O–H groups in total. The highest BCUT2D eigenvalue weighted by Crippen LogP contribution is 2.13. The molecular weight excluding hydrogens is 368 g/mol. The van der Waals surface area contributed by atoms with Gasteiger partial charge in [-0.2, -0.15) is 0 Å². The summed E-state index contributed by atoms with van der Waals surface area (Å²) in [6, 6.07) is 7.89. The molecule has 0 amide bonds. The summed E-state index contributed by atoms with van der Waals surface area (Å²) in [6.45, 7) is 1.63. The predicted octanol–water partition coefficient (Wildman–Crippen LogP) is 5.26. The molecule has 0 radical (unpaired) electrons. The lowest BCUT2D eigenvalue weighted by molar-refractivity contribution is -0.0814. The van der Waals surface area contributed by atoms with Crippen LogP contribution in [0.25, 0.3) is 0 Å². The molecular formula is C24H40O5. The normalized spacial score (nSPS) is 12.5. The summed E-state index contributed by atoms with van der Waals surface area (Å²) in [7, 11) is 3.29. The first kappa shape index (κ1) is 25.6. The van der Waals surface area contributed by atoms with Gasteiger partial charge < -0.3 is 24.1 Å². The van der Waals surface area contributed by atoms with Crippen molar-refractivity contribution in [2.45, 2.75) is 70.5 Å². The minimum atomic E-state index is -0.0975. The quantitative estimate of drug-likeness (QED) is 0.192. The SMILES string of the molecule is COCO[C@@H](/C=C/CCCCCCCCCCO)COCc1ccc(OC)cc1. The third-order valence-corrected chi connectivity index (χ3v) is 4.74. The number of aliphatic hydroxyl groups is 1. The van der Waals surface area contributed by atoms with Crippen molar-refractivity contribution >= 4 is 0 Å². The van der Waals surface area contributed by atoms with Crippen LogP contribution >= 0.6 is 0 Å². The Kier molecular flexibility index (Phi) is 16.5. The third kappa shape index (κ3) is 14.3. The van der Waals surface area contributed by atoms with E-state index in [-0.39, 0.29) is 12.9 Å². The molecule has 1 rings (SSSR count). The number of hydrogen-bond donors (Lipinski definition) is 1. The zero-order chi connectivity index (χ0) is 21.0. The van der Waals surface area contributed by atoms with Gasteiger partial charge in [-0.05, 0) is 37.0 Å². The monoisotopic (exact) mass is 408 g/mol. The smallest absolute Gasteiger partial charge is 0.147 e. The van der Waals surface area contributed by atoms with E-state index in [1.54, 1.807) is 14.2 Å². The second-order valence-corrected chi connectivity index (χ2v) is 7.24. The molecule has 0 heterocycles. The summed E-state index contributed by atoms with van der Waals surface area (Å²) in [5.74, 6) is 0.847. The molecule has 0 aliphatic carbocycles. The Morgan fingerprint density at radius 1 is 0.897 bits per heavy atom. The molecule has 0 saturated carbocycles. The highest BCUT2D eigenvalue weighted by atomic mass is 16.7. The van der Waals surface area contributed by atoms with Gasteiger partial charge in [0.25, 0.3) is 0 Å². The number of unbranched alkanes of at least 4 members (excludes halogenated alkanes) is 8. The molecule has 0 spiro atoms. The molecule has 0 fully saturated rings. The van der Waals surface area contributed by atoms with Crippen LogP contribution < -0.4 is 4.74 Å². The van der Waals surface area contributed by atoms with Crippen molar-refractivity contribution in [3.8, 4) is 5.75 Å². The highest BCUT2D eigenvalue weighted by Gasteiger charge is 2.06. The van der Waals surface area contributed by atoms with E-state index in [1.807, 2.05) is 24.3 Å². The Morgan fingerprint density at radius 3 is 2.17 bits per heavy atom. The first-order valence-electron chi connectivity index (χ1n) is 10.9. The Balaban J connectivity index is 2.15. The summed E-state index contributed by atoms with van der Waals surface area (Å²) in [4.78, 5) is 0. The summed E-state index contributed by atoms with van der Waals surface area (Å²) < 4.78 is 21.7. The Hall–Kier alpha value is -1.40. The molecule has 5 nitrogen and oxygen atoms in total. The molecule has 166 valence electrons. The van der Waals surface area contributed by atoms with Gasteiger partial charge >= 0.3 is 0 Å². The molecule has 0 saturated heterocycles. The van der Waals surface area contributed by atoms with Gasteiger partial charge in [-0.15, -0.1) is 0 Å². The van der Waals surface area contributed by atoms with Gasteiger partial charge in [0, 0.05) is 13.7 Å². The number of benzene rings is 1. The minimum absolute atomic E-state index is 0.0975. The zero-order valence-corrected chi connectivity index (χ0v) is 18.3. The average molecular weight is 409 g/mol. The van der Waals surface area contributed by atoms with E-state index in [2.05, 4.69) is 12.2 Å². The first-order chi connectivity index (χ1) is 14.3. The highest BCUT2D eigenvalue weighted by molar-refractivity contribution is 5.26. The van der Waals surface area contributed by atoms with Gasteiger partial charge in [-0.1, -0.05) is 62.8 Å². The Bertz CT molecular complexity index is 500. The average Bonchev–Trinajstić information content (AvgIpc) is 2.75. The summed E-state index contributed by atoms with van der Waals surface area (Å²) in [5, 5.41) is 8.76. The largest absolute Gasteiger partial charge is 0.497 e. The lowest BCUT2D eigenvalue weighted by Crippen LogP contribution is -2.18. The van der Waals surface area contributed by atoms with Crippen molar-refractivity contribution in [3.63, 3.8) is 0 Å². The topological polar surface area (TPSA) is 57.2 Å². The fraction of sp³-hybridized carbons (Fsp3) is 0.667. The van der Waals surface area contributed by atoms with Crippen LogP contribution in [0.15, 0.2) is 36.4 Å². The molecule has 0 bridgehead atoms. The number of rotatable bonds is 19. The van der Waals surface area contributed by atoms with E-state index in [0.717, 1.165) is 30.6 Å². The lowest BCUT2D eigenvalue weighted by Gasteiger charge is -2.14. The minimum Gasteiger partial charge on any atom is -0.497 e. The molecule has 1 aromatic rings. The fourth-order valence-electron chi connectivity index (χ4n) is 3.01. The maximum Gasteiger partial charge on any atom is 0.147 e.